The van der Waals surface area contributed by atoms with E-state index in [4.69, 9.17) is 0 Å². The second kappa shape index (κ2) is 4.24. The van der Waals surface area contributed by atoms with Crippen LogP contribution in [0.5, 0.6) is 0 Å². The summed E-state index contributed by atoms with van der Waals surface area (Å²) in [5, 5.41) is 6.61. The molecule has 0 N–H and O–H groups in total. The van der Waals surface area contributed by atoms with Crippen LogP contribution in [0, 0.1) is 5.41 Å². The third kappa shape index (κ3) is 2.40. The lowest BCUT2D eigenvalue weighted by molar-refractivity contribution is 0.535. The van der Waals surface area contributed by atoms with Crippen molar-refractivity contribution >= 4 is 47.0 Å². The van der Waals surface area contributed by atoms with Crippen LogP contribution in [0.2, 0.25) is 0 Å². The number of thioether (sulfide) groups is 4. The summed E-state index contributed by atoms with van der Waals surface area (Å²) in [6.07, 6.45) is 0. The predicted molar refractivity (Wildman–Crippen MR) is 74.1 cm³/mol. The fraction of sp³-hybridized carbons (Fsp3) is 0.400. The summed E-state index contributed by atoms with van der Waals surface area (Å²) in [5.41, 5.74) is 0.293. The quantitative estimate of drug-likeness (QED) is 0.569. The first-order chi connectivity index (χ1) is 6.57. The van der Waals surface area contributed by atoms with E-state index in [1.165, 1.54) is 13.4 Å². The number of hydrogen-bond donors (Lipinski definition) is 0. The monoisotopic (exact) mass is 260 g/mol. The van der Waals surface area contributed by atoms with Crippen molar-refractivity contribution < 1.29 is 0 Å². The second-order valence-corrected chi connectivity index (χ2v) is 8.32. The Morgan fingerprint density at radius 3 is 2.07 bits per heavy atom. The molecule has 2 aliphatic rings. The first kappa shape index (κ1) is 11.1. The zero-order valence-corrected chi connectivity index (χ0v) is 11.6. The van der Waals surface area contributed by atoms with E-state index in [2.05, 4.69) is 37.0 Å². The van der Waals surface area contributed by atoms with Gasteiger partial charge in [0.2, 0.25) is 0 Å². The van der Waals surface area contributed by atoms with Gasteiger partial charge in [-0.3, -0.25) is 0 Å². The van der Waals surface area contributed by atoms with Crippen LogP contribution in [0.4, 0.5) is 0 Å². The average molecular weight is 260 g/mol. The summed E-state index contributed by atoms with van der Waals surface area (Å²) >= 11 is 7.49. The molecule has 0 spiro atoms. The Balaban J connectivity index is 2.09. The maximum atomic E-state index is 2.30. The summed E-state index contributed by atoms with van der Waals surface area (Å²) < 4.78 is 2.89. The highest BCUT2D eigenvalue weighted by molar-refractivity contribution is 8.33. The van der Waals surface area contributed by atoms with Gasteiger partial charge in [0.15, 0.2) is 0 Å². The van der Waals surface area contributed by atoms with Gasteiger partial charge in [0.25, 0.3) is 0 Å². The standard InChI is InChI=1S/C10H12S4/c1-10(2,3)7-6-13-9(14-7)8-11-4-5-12-8/h4-6H,1-3H3. The zero-order valence-electron chi connectivity index (χ0n) is 8.37. The molecule has 0 aromatic heterocycles. The minimum absolute atomic E-state index is 0.293. The SMILES string of the molecule is CC(C)(C)C1=CSC(=C2SC=CS2)S1. The van der Waals surface area contributed by atoms with Gasteiger partial charge in [-0.15, -0.1) is 0 Å². The molecule has 0 bridgehead atoms. The Hall–Kier alpha value is 0.620. The molecule has 0 atom stereocenters. The topological polar surface area (TPSA) is 0 Å². The highest BCUT2D eigenvalue weighted by Gasteiger charge is 2.26. The summed E-state index contributed by atoms with van der Waals surface area (Å²) in [5.74, 6) is 0. The maximum absolute atomic E-state index is 2.30. The first-order valence-corrected chi connectivity index (χ1v) is 7.81. The van der Waals surface area contributed by atoms with E-state index in [0.717, 1.165) is 0 Å². The van der Waals surface area contributed by atoms with E-state index in [9.17, 15) is 0 Å². The highest BCUT2D eigenvalue weighted by atomic mass is 32.2. The highest BCUT2D eigenvalue weighted by Crippen LogP contribution is 2.56. The summed E-state index contributed by atoms with van der Waals surface area (Å²) in [6.45, 7) is 6.81. The lowest BCUT2D eigenvalue weighted by Crippen LogP contribution is -2.04. The molecular formula is C10H12S4. The van der Waals surface area contributed by atoms with Crippen molar-refractivity contribution in [2.24, 2.45) is 5.41 Å². The van der Waals surface area contributed by atoms with Gasteiger partial charge in [-0.2, -0.15) is 0 Å². The van der Waals surface area contributed by atoms with Gasteiger partial charge >= 0.3 is 0 Å². The molecule has 0 saturated carbocycles. The van der Waals surface area contributed by atoms with Crippen LogP contribution in [0.15, 0.2) is 29.6 Å². The van der Waals surface area contributed by atoms with E-state index < -0.39 is 0 Å². The molecular weight excluding hydrogens is 248 g/mol. The minimum Gasteiger partial charge on any atom is -0.0884 e. The molecule has 0 nitrogen and oxygen atoms in total. The van der Waals surface area contributed by atoms with Gasteiger partial charge < -0.3 is 0 Å². The van der Waals surface area contributed by atoms with Gasteiger partial charge in [0, 0.05) is 4.91 Å². The van der Waals surface area contributed by atoms with Crippen LogP contribution in [0.25, 0.3) is 0 Å². The van der Waals surface area contributed by atoms with Crippen molar-refractivity contribution in [3.63, 3.8) is 0 Å². The Morgan fingerprint density at radius 1 is 0.929 bits per heavy atom. The van der Waals surface area contributed by atoms with Crippen LogP contribution in [-0.2, 0) is 0 Å². The number of hydrogen-bond acceptors (Lipinski definition) is 4. The molecule has 0 unspecified atom stereocenters. The number of rotatable bonds is 0. The fourth-order valence-corrected chi connectivity index (χ4v) is 5.73. The molecule has 0 radical (unpaired) electrons. The Morgan fingerprint density at radius 2 is 1.57 bits per heavy atom. The minimum atomic E-state index is 0.293. The molecule has 0 aliphatic carbocycles. The van der Waals surface area contributed by atoms with Gasteiger partial charge in [0.1, 0.15) is 0 Å². The average Bonchev–Trinajstić information content (AvgIpc) is 2.73. The molecule has 2 heterocycles. The Kier molecular flexibility index (Phi) is 3.37. The Bertz CT molecular complexity index is 321. The number of allylic oxidation sites excluding steroid dienone is 1. The van der Waals surface area contributed by atoms with Crippen molar-refractivity contribution in [2.45, 2.75) is 20.8 Å². The molecule has 0 saturated heterocycles. The molecule has 0 amide bonds. The molecule has 4 heteroatoms. The normalized spacial score (nSPS) is 22.1. The van der Waals surface area contributed by atoms with Crippen LogP contribution in [0.3, 0.4) is 0 Å². The van der Waals surface area contributed by atoms with Gasteiger partial charge in [-0.25, -0.2) is 0 Å². The molecule has 76 valence electrons. The smallest absolute Gasteiger partial charge is 0.0697 e. The molecule has 14 heavy (non-hydrogen) atoms. The van der Waals surface area contributed by atoms with Crippen LogP contribution < -0.4 is 0 Å². The van der Waals surface area contributed by atoms with Crippen molar-refractivity contribution in [1.82, 2.24) is 0 Å². The predicted octanol–water partition coefficient (Wildman–Crippen LogP) is 5.43. The van der Waals surface area contributed by atoms with Crippen molar-refractivity contribution in [1.29, 1.82) is 0 Å². The summed E-state index contributed by atoms with van der Waals surface area (Å²) in [6, 6.07) is 0. The van der Waals surface area contributed by atoms with Crippen LogP contribution in [0.1, 0.15) is 20.8 Å². The maximum Gasteiger partial charge on any atom is 0.0697 e. The molecule has 2 rings (SSSR count). The largest absolute Gasteiger partial charge is 0.0884 e. The summed E-state index contributed by atoms with van der Waals surface area (Å²) in [7, 11) is 0. The molecule has 2 aliphatic heterocycles. The molecule has 0 aromatic carbocycles. The van der Waals surface area contributed by atoms with Crippen LogP contribution >= 0.6 is 47.0 Å². The van der Waals surface area contributed by atoms with Gasteiger partial charge in [-0.1, -0.05) is 67.8 Å². The third-order valence-electron chi connectivity index (χ3n) is 1.79. The van der Waals surface area contributed by atoms with Crippen molar-refractivity contribution in [3.05, 3.63) is 29.6 Å². The fourth-order valence-electron chi connectivity index (χ4n) is 0.978. The van der Waals surface area contributed by atoms with Crippen molar-refractivity contribution in [3.8, 4) is 0 Å². The zero-order chi connectivity index (χ0) is 10.2. The van der Waals surface area contributed by atoms with Gasteiger partial charge in [-0.05, 0) is 21.6 Å². The first-order valence-electron chi connectivity index (χ1n) is 4.35. The third-order valence-corrected chi connectivity index (χ3v) is 7.23. The summed E-state index contributed by atoms with van der Waals surface area (Å²) in [4.78, 5) is 1.48. The molecule has 0 aromatic rings. The lowest BCUT2D eigenvalue weighted by Gasteiger charge is -2.18. The molecule has 0 fully saturated rings. The van der Waals surface area contributed by atoms with E-state index >= 15 is 0 Å². The van der Waals surface area contributed by atoms with Crippen LogP contribution in [-0.4, -0.2) is 0 Å². The second-order valence-electron chi connectivity index (χ2n) is 4.03. The lowest BCUT2D eigenvalue weighted by atomic mass is 9.97. The van der Waals surface area contributed by atoms with Gasteiger partial charge in [0.05, 0.1) is 8.47 Å². The van der Waals surface area contributed by atoms with E-state index in [1.807, 2.05) is 47.0 Å². The van der Waals surface area contributed by atoms with E-state index in [-0.39, 0.29) is 0 Å². The van der Waals surface area contributed by atoms with E-state index in [1.54, 1.807) is 0 Å². The van der Waals surface area contributed by atoms with E-state index in [0.29, 0.717) is 5.41 Å². The van der Waals surface area contributed by atoms with Crippen molar-refractivity contribution in [2.75, 3.05) is 0 Å². The Labute approximate surface area is 102 Å².